The first kappa shape index (κ1) is 7.08. The van der Waals surface area contributed by atoms with Crippen molar-refractivity contribution in [1.82, 2.24) is 0 Å². The second-order valence-electron chi connectivity index (χ2n) is 2.11. The van der Waals surface area contributed by atoms with Crippen molar-refractivity contribution in [3.05, 3.63) is 0 Å². The van der Waals surface area contributed by atoms with Crippen molar-refractivity contribution in [1.29, 1.82) is 0 Å². The maximum atomic E-state index is 3.17. The molecule has 0 nitrogen and oxygen atoms in total. The maximum Gasteiger partial charge on any atom is 0.239 e. The Balaban J connectivity index is 2.81. The van der Waals surface area contributed by atoms with Crippen LogP contribution in [-0.2, 0) is 0 Å². The van der Waals surface area contributed by atoms with Crippen molar-refractivity contribution < 1.29 is 0 Å². The van der Waals surface area contributed by atoms with Gasteiger partial charge in [-0.15, -0.1) is 0 Å². The van der Waals surface area contributed by atoms with Crippen LogP contribution in [0.25, 0.3) is 0 Å². The molecule has 0 saturated heterocycles. The highest BCUT2D eigenvalue weighted by Crippen LogP contribution is 2.00. The van der Waals surface area contributed by atoms with Gasteiger partial charge < -0.3 is 0 Å². The summed E-state index contributed by atoms with van der Waals surface area (Å²) in [4.78, 5) is 0. The third kappa shape index (κ3) is 6.08. The molecule has 0 fully saturated rings. The lowest BCUT2D eigenvalue weighted by atomic mass is 10.1. The van der Waals surface area contributed by atoms with Gasteiger partial charge in [0.2, 0.25) is 5.80 Å². The van der Waals surface area contributed by atoms with Gasteiger partial charge in [0.15, 0.2) is 15.3 Å². The Kier molecular flexibility index (Phi) is 4.29. The van der Waals surface area contributed by atoms with Crippen molar-refractivity contribution in [3.8, 4) is 0 Å². The van der Waals surface area contributed by atoms with Crippen LogP contribution >= 0.6 is 8.86 Å². The highest BCUT2D eigenvalue weighted by Gasteiger charge is 1.95. The Hall–Kier alpha value is 0.0800. The van der Waals surface area contributed by atoms with Gasteiger partial charge in [-0.25, -0.2) is 0 Å². The Labute approximate surface area is 48.2 Å². The first-order valence-corrected chi connectivity index (χ1v) is 3.17. The lowest BCUT2D eigenvalue weighted by molar-refractivity contribution is 0.608. The minimum Gasteiger partial charge on any atom is -0.0626 e. The Morgan fingerprint density at radius 3 is 2.29 bits per heavy atom. The maximum absolute atomic E-state index is 3.17. The molecule has 40 valence electrons. The highest BCUT2D eigenvalue weighted by molar-refractivity contribution is 7.18. The van der Waals surface area contributed by atoms with E-state index in [-0.39, 0.29) is 0 Å². The van der Waals surface area contributed by atoms with Gasteiger partial charge in [-0.1, -0.05) is 13.8 Å². The fourth-order valence-electron chi connectivity index (χ4n) is 0.361. The second-order valence-corrected chi connectivity index (χ2v) is 2.46. The van der Waals surface area contributed by atoms with Crippen molar-refractivity contribution >= 4 is 14.7 Å². The molecule has 0 heterocycles. The van der Waals surface area contributed by atoms with Crippen LogP contribution in [-0.4, -0.2) is 5.80 Å². The van der Waals surface area contributed by atoms with Gasteiger partial charge in [0, 0.05) is 6.42 Å². The van der Waals surface area contributed by atoms with Gasteiger partial charge >= 0.3 is 0 Å². The molecule has 0 radical (unpaired) electrons. The summed E-state index contributed by atoms with van der Waals surface area (Å²) < 4.78 is 0. The molecule has 0 amide bonds. The van der Waals surface area contributed by atoms with Crippen molar-refractivity contribution in [2.45, 2.75) is 26.7 Å². The monoisotopic (exact) mass is 115 g/mol. The third-order valence-corrected chi connectivity index (χ3v) is 1.10. The number of hydrogen-bond acceptors (Lipinski definition) is 0. The summed E-state index contributed by atoms with van der Waals surface area (Å²) in [6.07, 6.45) is 2.30. The largest absolute Gasteiger partial charge is 0.239 e. The van der Waals surface area contributed by atoms with Crippen LogP contribution in [0, 0.1) is 5.92 Å². The van der Waals surface area contributed by atoms with E-state index in [9.17, 15) is 0 Å². The molecule has 0 aliphatic heterocycles. The normalized spacial score (nSPS) is 9.00. The topological polar surface area (TPSA) is 0 Å². The molecule has 0 saturated carbocycles. The smallest absolute Gasteiger partial charge is 0.0626 e. The van der Waals surface area contributed by atoms with E-state index in [2.05, 4.69) is 28.5 Å². The molecule has 0 aromatic heterocycles. The summed E-state index contributed by atoms with van der Waals surface area (Å²) in [5.41, 5.74) is 0. The van der Waals surface area contributed by atoms with Gasteiger partial charge in [0.25, 0.3) is 0 Å². The van der Waals surface area contributed by atoms with Crippen molar-refractivity contribution in [2.75, 3.05) is 0 Å². The molecule has 0 spiro atoms. The quantitative estimate of drug-likeness (QED) is 0.391. The summed E-state index contributed by atoms with van der Waals surface area (Å²) in [7, 11) is 3.17. The average molecular weight is 115 g/mol. The van der Waals surface area contributed by atoms with Crippen molar-refractivity contribution in [2.24, 2.45) is 5.92 Å². The molecule has 7 heavy (non-hydrogen) atoms. The SMILES string of the molecule is CC(C)CC[C+]=P. The Bertz CT molecular complexity index is 48.1. The Morgan fingerprint density at radius 2 is 2.14 bits per heavy atom. The minimum absolute atomic E-state index is 0.809. The zero-order valence-electron chi connectivity index (χ0n) is 4.99. The van der Waals surface area contributed by atoms with Gasteiger partial charge in [0.05, 0.1) is 0 Å². The number of rotatable bonds is 3. The molecule has 0 aromatic carbocycles. The lowest BCUT2D eigenvalue weighted by Gasteiger charge is -1.91. The molecular weight excluding hydrogens is 103 g/mol. The molecule has 0 bridgehead atoms. The molecular formula is C6H12P+. The molecule has 0 unspecified atom stereocenters. The van der Waals surface area contributed by atoms with Crippen LogP contribution in [0.15, 0.2) is 0 Å². The number of hydrogen-bond donors (Lipinski definition) is 0. The van der Waals surface area contributed by atoms with Crippen LogP contribution in [0.5, 0.6) is 0 Å². The molecule has 0 aliphatic carbocycles. The van der Waals surface area contributed by atoms with E-state index in [1.165, 1.54) is 6.42 Å². The molecule has 0 aromatic rings. The van der Waals surface area contributed by atoms with E-state index in [0.717, 1.165) is 12.3 Å². The summed E-state index contributed by atoms with van der Waals surface area (Å²) >= 11 is 0. The summed E-state index contributed by atoms with van der Waals surface area (Å²) in [6, 6.07) is 0. The predicted molar refractivity (Wildman–Crippen MR) is 37.4 cm³/mol. The van der Waals surface area contributed by atoms with Crippen LogP contribution in [0.3, 0.4) is 0 Å². The summed E-state index contributed by atoms with van der Waals surface area (Å²) in [5.74, 6) is 3.71. The van der Waals surface area contributed by atoms with Gasteiger partial charge in [0.1, 0.15) is 0 Å². The first-order chi connectivity index (χ1) is 3.27. The summed E-state index contributed by atoms with van der Waals surface area (Å²) in [5, 5.41) is 0. The molecule has 0 atom stereocenters. The molecule has 0 N–H and O–H groups in total. The zero-order valence-corrected chi connectivity index (χ0v) is 5.99. The highest BCUT2D eigenvalue weighted by atomic mass is 31.0. The zero-order chi connectivity index (χ0) is 5.70. The Morgan fingerprint density at radius 1 is 1.57 bits per heavy atom. The van der Waals surface area contributed by atoms with E-state index in [1.807, 2.05) is 0 Å². The molecule has 0 aliphatic rings. The van der Waals surface area contributed by atoms with E-state index in [4.69, 9.17) is 0 Å². The minimum atomic E-state index is 0.809. The van der Waals surface area contributed by atoms with Crippen LogP contribution in [0.4, 0.5) is 0 Å². The average Bonchev–Trinajstić information content (AvgIpc) is 1.61. The van der Waals surface area contributed by atoms with E-state index in [0.29, 0.717) is 0 Å². The van der Waals surface area contributed by atoms with Crippen molar-refractivity contribution in [3.63, 3.8) is 0 Å². The standard InChI is InChI=1S/C6H12P/c1-6(2)4-3-5-7/h6-7H,3-4H2,1-2H3/q+1. The predicted octanol–water partition coefficient (Wildman–Crippen LogP) is 2.24. The molecule has 1 heteroatoms. The third-order valence-electron chi connectivity index (χ3n) is 0.847. The van der Waals surface area contributed by atoms with E-state index >= 15 is 0 Å². The summed E-state index contributed by atoms with van der Waals surface area (Å²) in [6.45, 7) is 4.42. The second kappa shape index (κ2) is 4.24. The lowest BCUT2D eigenvalue weighted by Crippen LogP contribution is -1.84. The van der Waals surface area contributed by atoms with Crippen LogP contribution in [0.1, 0.15) is 26.7 Å². The van der Waals surface area contributed by atoms with Gasteiger partial charge in [-0.2, -0.15) is 0 Å². The first-order valence-electron chi connectivity index (χ1n) is 2.67. The van der Waals surface area contributed by atoms with Crippen LogP contribution < -0.4 is 0 Å². The van der Waals surface area contributed by atoms with Gasteiger partial charge in [-0.3, -0.25) is 0 Å². The van der Waals surface area contributed by atoms with Crippen LogP contribution in [0.2, 0.25) is 0 Å². The van der Waals surface area contributed by atoms with E-state index < -0.39 is 0 Å². The van der Waals surface area contributed by atoms with E-state index in [1.54, 1.807) is 0 Å². The fourth-order valence-corrected chi connectivity index (χ4v) is 0.505. The van der Waals surface area contributed by atoms with Gasteiger partial charge in [-0.05, 0) is 5.92 Å². The molecule has 0 rings (SSSR count). The fraction of sp³-hybridized carbons (Fsp3) is 0.833.